The van der Waals surface area contributed by atoms with Crippen molar-refractivity contribution in [3.63, 3.8) is 0 Å². The topological polar surface area (TPSA) is 147 Å². The molecule has 1 aromatic heterocycles. The molecule has 0 saturated heterocycles. The molecule has 0 atom stereocenters. The van der Waals surface area contributed by atoms with Crippen LogP contribution in [0.2, 0.25) is 0 Å². The van der Waals surface area contributed by atoms with Crippen LogP contribution in [-0.4, -0.2) is 37.7 Å². The second-order valence-electron chi connectivity index (χ2n) is 6.11. The van der Waals surface area contributed by atoms with E-state index in [0.29, 0.717) is 22.6 Å². The molecule has 2 aromatic carbocycles. The molecule has 0 aliphatic carbocycles. The van der Waals surface area contributed by atoms with E-state index in [1.807, 2.05) is 0 Å². The first-order valence-electron chi connectivity index (χ1n) is 8.55. The lowest BCUT2D eigenvalue weighted by atomic mass is 10.2. The van der Waals surface area contributed by atoms with Crippen molar-refractivity contribution in [1.82, 2.24) is 14.9 Å². The third kappa shape index (κ3) is 4.39. The van der Waals surface area contributed by atoms with Gasteiger partial charge in [0.15, 0.2) is 11.5 Å². The Morgan fingerprint density at radius 3 is 2.53 bits per heavy atom. The molecule has 0 amide bonds. The first-order valence-corrected chi connectivity index (χ1v) is 10.0. The highest BCUT2D eigenvalue weighted by molar-refractivity contribution is 7.89. The van der Waals surface area contributed by atoms with Crippen LogP contribution in [0.25, 0.3) is 11.4 Å². The second-order valence-corrected chi connectivity index (χ2v) is 7.88. The molecular weight excluding hydrogens is 416 g/mol. The highest BCUT2D eigenvalue weighted by Gasteiger charge is 2.21. The molecule has 11 nitrogen and oxygen atoms in total. The fourth-order valence-electron chi connectivity index (χ4n) is 2.61. The number of nitrogens with zero attached hydrogens (tertiary/aromatic N) is 3. The summed E-state index contributed by atoms with van der Waals surface area (Å²) in [5, 5.41) is 14.9. The molecule has 0 radical (unpaired) electrons. The number of nitrogens with one attached hydrogen (secondary N) is 1. The van der Waals surface area contributed by atoms with Gasteiger partial charge in [0.25, 0.3) is 5.69 Å². The summed E-state index contributed by atoms with van der Waals surface area (Å²) in [4.78, 5) is 14.3. The summed E-state index contributed by atoms with van der Waals surface area (Å²) in [5.74, 6) is 1.26. The smallest absolute Gasteiger partial charge is 0.273 e. The van der Waals surface area contributed by atoms with Gasteiger partial charge in [0.1, 0.15) is 0 Å². The molecule has 0 saturated carbocycles. The van der Waals surface area contributed by atoms with Crippen molar-refractivity contribution in [2.45, 2.75) is 18.4 Å². The predicted molar refractivity (Wildman–Crippen MR) is 105 cm³/mol. The van der Waals surface area contributed by atoms with Gasteiger partial charge in [0, 0.05) is 17.2 Å². The maximum absolute atomic E-state index is 12.5. The minimum absolute atomic E-state index is 0.0185. The lowest BCUT2D eigenvalue weighted by molar-refractivity contribution is -0.385. The van der Waals surface area contributed by atoms with Gasteiger partial charge in [-0.05, 0) is 31.2 Å². The number of hydrogen-bond acceptors (Lipinski definition) is 9. The Hall–Kier alpha value is -3.51. The van der Waals surface area contributed by atoms with Crippen LogP contribution in [0.5, 0.6) is 11.5 Å². The summed E-state index contributed by atoms with van der Waals surface area (Å²) >= 11 is 0. The molecule has 0 unspecified atom stereocenters. The number of ether oxygens (including phenoxy) is 2. The molecule has 3 aromatic rings. The van der Waals surface area contributed by atoms with E-state index in [9.17, 15) is 18.5 Å². The number of sulfonamides is 1. The monoisotopic (exact) mass is 434 g/mol. The Balaban J connectivity index is 1.77. The second kappa shape index (κ2) is 8.47. The van der Waals surface area contributed by atoms with Gasteiger partial charge in [-0.2, -0.15) is 4.98 Å². The van der Waals surface area contributed by atoms with Gasteiger partial charge in [-0.15, -0.1) is 0 Å². The average molecular weight is 434 g/mol. The van der Waals surface area contributed by atoms with E-state index in [1.54, 1.807) is 18.2 Å². The van der Waals surface area contributed by atoms with Crippen LogP contribution in [0.4, 0.5) is 5.69 Å². The largest absolute Gasteiger partial charge is 0.493 e. The fraction of sp³-hybridized carbons (Fsp3) is 0.222. The molecule has 0 bridgehead atoms. The Kier molecular flexibility index (Phi) is 5.99. The summed E-state index contributed by atoms with van der Waals surface area (Å²) < 4.78 is 42.7. The molecule has 0 aliphatic rings. The van der Waals surface area contributed by atoms with Crippen molar-refractivity contribution in [3.8, 4) is 22.9 Å². The van der Waals surface area contributed by atoms with E-state index in [1.165, 1.54) is 33.3 Å². The fourth-order valence-corrected chi connectivity index (χ4v) is 3.61. The highest BCUT2D eigenvalue weighted by atomic mass is 32.2. The third-order valence-corrected chi connectivity index (χ3v) is 5.61. The number of nitro groups is 1. The SMILES string of the molecule is COc1ccc(-c2noc(CNS(=O)(=O)c3ccc(C)c([N+](=O)[O-])c3)n2)cc1OC. The van der Waals surface area contributed by atoms with Crippen LogP contribution in [0.3, 0.4) is 0 Å². The van der Waals surface area contributed by atoms with E-state index >= 15 is 0 Å². The van der Waals surface area contributed by atoms with Crippen molar-refractivity contribution in [2.75, 3.05) is 14.2 Å². The minimum Gasteiger partial charge on any atom is -0.493 e. The van der Waals surface area contributed by atoms with E-state index < -0.39 is 14.9 Å². The number of benzene rings is 2. The first-order chi connectivity index (χ1) is 14.2. The number of aromatic nitrogens is 2. The Morgan fingerprint density at radius 2 is 1.87 bits per heavy atom. The van der Waals surface area contributed by atoms with Crippen molar-refractivity contribution < 1.29 is 27.3 Å². The average Bonchev–Trinajstić information content (AvgIpc) is 3.21. The van der Waals surface area contributed by atoms with Crippen molar-refractivity contribution in [2.24, 2.45) is 0 Å². The molecule has 30 heavy (non-hydrogen) atoms. The summed E-state index contributed by atoms with van der Waals surface area (Å²) in [6.45, 7) is 1.24. The van der Waals surface area contributed by atoms with Gasteiger partial charge in [-0.25, -0.2) is 13.1 Å². The standard InChI is InChI=1S/C18H18N4O7S/c1-11-4-6-13(9-14(11)22(23)24)30(25,26)19-10-17-20-18(21-29-17)12-5-7-15(27-2)16(8-12)28-3/h4-9,19H,10H2,1-3H3. The van der Waals surface area contributed by atoms with E-state index in [-0.39, 0.29) is 28.8 Å². The zero-order valence-corrected chi connectivity index (χ0v) is 17.1. The van der Waals surface area contributed by atoms with Crippen molar-refractivity contribution >= 4 is 15.7 Å². The lowest BCUT2D eigenvalue weighted by Crippen LogP contribution is -2.23. The molecule has 0 spiro atoms. The van der Waals surface area contributed by atoms with Crippen molar-refractivity contribution in [1.29, 1.82) is 0 Å². The Bertz CT molecular complexity index is 1190. The normalized spacial score (nSPS) is 11.3. The van der Waals surface area contributed by atoms with Crippen molar-refractivity contribution in [3.05, 3.63) is 58.0 Å². The molecule has 0 fully saturated rings. The minimum atomic E-state index is -4.03. The highest BCUT2D eigenvalue weighted by Crippen LogP contribution is 2.31. The third-order valence-electron chi connectivity index (χ3n) is 4.21. The molecular formula is C18H18N4O7S. The summed E-state index contributed by atoms with van der Waals surface area (Å²) in [6, 6.07) is 8.69. The Morgan fingerprint density at radius 1 is 1.13 bits per heavy atom. The van der Waals surface area contributed by atoms with Crippen LogP contribution < -0.4 is 14.2 Å². The molecule has 1 N–H and O–H groups in total. The number of aryl methyl sites for hydroxylation is 1. The summed E-state index contributed by atoms with van der Waals surface area (Å²) in [5.41, 5.74) is 0.654. The summed E-state index contributed by atoms with van der Waals surface area (Å²) in [7, 11) is -1.02. The van der Waals surface area contributed by atoms with Gasteiger partial charge in [0.05, 0.1) is 30.6 Å². The first kappa shape index (κ1) is 21.2. The van der Waals surface area contributed by atoms with Gasteiger partial charge >= 0.3 is 0 Å². The molecule has 12 heteroatoms. The molecule has 3 rings (SSSR count). The molecule has 0 aliphatic heterocycles. The predicted octanol–water partition coefficient (Wildman–Crippen LogP) is 2.45. The number of methoxy groups -OCH3 is 2. The van der Waals surface area contributed by atoms with Crippen LogP contribution in [0, 0.1) is 17.0 Å². The van der Waals surface area contributed by atoms with E-state index in [2.05, 4.69) is 14.9 Å². The van der Waals surface area contributed by atoms with Crippen LogP contribution in [0.1, 0.15) is 11.5 Å². The van der Waals surface area contributed by atoms with Crippen LogP contribution in [0.15, 0.2) is 45.8 Å². The lowest BCUT2D eigenvalue weighted by Gasteiger charge is -2.07. The van der Waals surface area contributed by atoms with Gasteiger partial charge in [-0.3, -0.25) is 10.1 Å². The molecule has 158 valence electrons. The zero-order valence-electron chi connectivity index (χ0n) is 16.3. The number of hydrogen-bond donors (Lipinski definition) is 1. The quantitative estimate of drug-likeness (QED) is 0.417. The Labute approximate surface area is 171 Å². The van der Waals surface area contributed by atoms with Gasteiger partial charge in [-0.1, -0.05) is 11.2 Å². The number of rotatable bonds is 8. The van der Waals surface area contributed by atoms with E-state index in [4.69, 9.17) is 14.0 Å². The van der Waals surface area contributed by atoms with Gasteiger partial charge in [0.2, 0.25) is 21.7 Å². The number of nitro benzene ring substituents is 1. The zero-order chi connectivity index (χ0) is 21.9. The maximum Gasteiger partial charge on any atom is 0.273 e. The van der Waals surface area contributed by atoms with Crippen LogP contribution in [-0.2, 0) is 16.6 Å². The van der Waals surface area contributed by atoms with E-state index in [0.717, 1.165) is 6.07 Å². The summed E-state index contributed by atoms with van der Waals surface area (Å²) in [6.07, 6.45) is 0. The molecule has 1 heterocycles. The van der Waals surface area contributed by atoms with Gasteiger partial charge < -0.3 is 14.0 Å². The van der Waals surface area contributed by atoms with Crippen LogP contribution >= 0.6 is 0 Å². The maximum atomic E-state index is 12.5.